The van der Waals surface area contributed by atoms with Crippen molar-refractivity contribution in [2.45, 2.75) is 17.9 Å². The Hall–Kier alpha value is -3.36. The van der Waals surface area contributed by atoms with Crippen molar-refractivity contribution in [2.24, 2.45) is 0 Å². The number of amides is 1. The van der Waals surface area contributed by atoms with Crippen molar-refractivity contribution >= 4 is 15.9 Å². The summed E-state index contributed by atoms with van der Waals surface area (Å²) in [6.07, 6.45) is 0.487. The molecule has 3 aromatic carbocycles. The first-order valence-corrected chi connectivity index (χ1v) is 12.0. The number of nitrogens with zero attached hydrogens (tertiary/aromatic N) is 1. The normalized spacial score (nSPS) is 11.2. The fourth-order valence-electron chi connectivity index (χ4n) is 3.43. The van der Waals surface area contributed by atoms with Crippen LogP contribution in [0, 0.1) is 0 Å². The number of hydrogen-bond donors (Lipinski definition) is 1. The van der Waals surface area contributed by atoms with Crippen LogP contribution in [0.1, 0.15) is 11.1 Å². The number of hydrogen-bond acceptors (Lipinski definition) is 5. The molecule has 0 unspecified atom stereocenters. The van der Waals surface area contributed by atoms with E-state index >= 15 is 0 Å². The van der Waals surface area contributed by atoms with Crippen LogP contribution in [-0.2, 0) is 27.8 Å². The van der Waals surface area contributed by atoms with Crippen molar-refractivity contribution in [3.63, 3.8) is 0 Å². The van der Waals surface area contributed by atoms with Gasteiger partial charge in [0.15, 0.2) is 0 Å². The quantitative estimate of drug-likeness (QED) is 0.467. The summed E-state index contributed by atoms with van der Waals surface area (Å²) in [5.41, 5.74) is 1.67. The van der Waals surface area contributed by atoms with Crippen molar-refractivity contribution in [3.8, 4) is 11.5 Å². The molecule has 0 saturated carbocycles. The van der Waals surface area contributed by atoms with Gasteiger partial charge in [-0.15, -0.1) is 0 Å². The molecule has 0 saturated heterocycles. The summed E-state index contributed by atoms with van der Waals surface area (Å²) >= 11 is 0. The van der Waals surface area contributed by atoms with Gasteiger partial charge in [-0.3, -0.25) is 4.79 Å². The molecule has 0 aliphatic carbocycles. The highest BCUT2D eigenvalue weighted by Crippen LogP contribution is 2.28. The molecule has 0 bridgehead atoms. The summed E-state index contributed by atoms with van der Waals surface area (Å²) in [4.78, 5) is 13.0. The first kappa shape index (κ1) is 24.3. The third-order valence-corrected chi connectivity index (χ3v) is 7.05. The summed E-state index contributed by atoms with van der Waals surface area (Å²) in [5.74, 6) is 0.732. The van der Waals surface area contributed by atoms with Crippen LogP contribution in [0.25, 0.3) is 0 Å². The van der Waals surface area contributed by atoms with Crippen LogP contribution in [0.2, 0.25) is 0 Å². The average molecular weight is 469 g/mol. The zero-order chi connectivity index (χ0) is 23.7. The van der Waals surface area contributed by atoms with Crippen LogP contribution in [0.5, 0.6) is 11.5 Å². The molecule has 0 heterocycles. The maximum absolute atomic E-state index is 13.3. The first-order valence-electron chi connectivity index (χ1n) is 10.5. The zero-order valence-electron chi connectivity index (χ0n) is 18.7. The van der Waals surface area contributed by atoms with Gasteiger partial charge >= 0.3 is 0 Å². The molecule has 3 aromatic rings. The molecule has 174 valence electrons. The third-order valence-electron chi connectivity index (χ3n) is 5.19. The summed E-state index contributed by atoms with van der Waals surface area (Å²) < 4.78 is 38.5. The number of sulfonamides is 1. The predicted molar refractivity (Wildman–Crippen MR) is 127 cm³/mol. The minimum absolute atomic E-state index is 0.143. The smallest absolute Gasteiger partial charge is 0.243 e. The monoisotopic (exact) mass is 468 g/mol. The SMILES string of the molecule is COc1cccc(OC)c1CNC(=O)CN(CCc1ccccc1)S(=O)(=O)c1ccccc1. The lowest BCUT2D eigenvalue weighted by Gasteiger charge is -2.22. The number of carbonyl (C=O) groups excluding carboxylic acids is 1. The Morgan fingerprint density at radius 3 is 2.00 bits per heavy atom. The maximum Gasteiger partial charge on any atom is 0.243 e. The molecule has 33 heavy (non-hydrogen) atoms. The van der Waals surface area contributed by atoms with Gasteiger partial charge in [-0.1, -0.05) is 54.6 Å². The van der Waals surface area contributed by atoms with Crippen LogP contribution in [-0.4, -0.2) is 45.9 Å². The van der Waals surface area contributed by atoms with E-state index in [-0.39, 0.29) is 24.5 Å². The predicted octanol–water partition coefficient (Wildman–Crippen LogP) is 3.25. The number of rotatable bonds is 11. The minimum Gasteiger partial charge on any atom is -0.496 e. The number of carbonyl (C=O) groups is 1. The Morgan fingerprint density at radius 2 is 1.42 bits per heavy atom. The van der Waals surface area contributed by atoms with Crippen LogP contribution in [0.3, 0.4) is 0 Å². The van der Waals surface area contributed by atoms with E-state index in [1.807, 2.05) is 30.3 Å². The Kier molecular flexibility index (Phi) is 8.46. The molecular formula is C25H28N2O5S. The molecule has 0 spiro atoms. The van der Waals surface area contributed by atoms with E-state index in [1.54, 1.807) is 36.4 Å². The Morgan fingerprint density at radius 1 is 0.848 bits per heavy atom. The van der Waals surface area contributed by atoms with E-state index in [1.165, 1.54) is 30.7 Å². The van der Waals surface area contributed by atoms with Crippen molar-refractivity contribution < 1.29 is 22.7 Å². The van der Waals surface area contributed by atoms with Crippen LogP contribution >= 0.6 is 0 Å². The van der Waals surface area contributed by atoms with Gasteiger partial charge in [0.2, 0.25) is 15.9 Å². The zero-order valence-corrected chi connectivity index (χ0v) is 19.5. The van der Waals surface area contributed by atoms with Crippen molar-refractivity contribution in [1.29, 1.82) is 0 Å². The van der Waals surface area contributed by atoms with E-state index in [4.69, 9.17) is 9.47 Å². The largest absolute Gasteiger partial charge is 0.496 e. The standard InChI is InChI=1S/C25H28N2O5S/c1-31-23-14-9-15-24(32-2)22(23)18-26-25(28)19-27(17-16-20-10-5-3-6-11-20)33(29,30)21-12-7-4-8-13-21/h3-15H,16-19H2,1-2H3,(H,26,28). The van der Waals surface area contributed by atoms with E-state index in [9.17, 15) is 13.2 Å². The van der Waals surface area contributed by atoms with Gasteiger partial charge in [0.05, 0.1) is 37.8 Å². The van der Waals surface area contributed by atoms with Crippen LogP contribution < -0.4 is 14.8 Å². The van der Waals surface area contributed by atoms with Gasteiger partial charge in [-0.25, -0.2) is 8.42 Å². The highest BCUT2D eigenvalue weighted by Gasteiger charge is 2.26. The third kappa shape index (κ3) is 6.34. The minimum atomic E-state index is -3.85. The Labute approximate surface area is 195 Å². The molecule has 0 radical (unpaired) electrons. The fraction of sp³-hybridized carbons (Fsp3) is 0.240. The fourth-order valence-corrected chi connectivity index (χ4v) is 4.85. The van der Waals surface area contributed by atoms with Gasteiger partial charge in [-0.05, 0) is 36.2 Å². The summed E-state index contributed by atoms with van der Waals surface area (Å²) in [7, 11) is -0.773. The first-order chi connectivity index (χ1) is 16.0. The van der Waals surface area contributed by atoms with Gasteiger partial charge in [0.1, 0.15) is 11.5 Å². The topological polar surface area (TPSA) is 84.9 Å². The second kappa shape index (κ2) is 11.5. The van der Waals surface area contributed by atoms with Crippen molar-refractivity contribution in [3.05, 3.63) is 90.0 Å². The van der Waals surface area contributed by atoms with Crippen LogP contribution in [0.15, 0.2) is 83.8 Å². The molecule has 0 atom stereocenters. The maximum atomic E-state index is 13.3. The number of ether oxygens (including phenoxy) is 2. The number of methoxy groups -OCH3 is 2. The van der Waals surface area contributed by atoms with E-state index in [0.717, 1.165) is 5.56 Å². The molecule has 8 heteroatoms. The Bertz CT molecular complexity index is 1130. The lowest BCUT2D eigenvalue weighted by atomic mass is 10.1. The summed E-state index contributed by atoms with van der Waals surface area (Å²) in [6.45, 7) is 0.0120. The summed E-state index contributed by atoms with van der Waals surface area (Å²) in [6, 6.07) is 23.0. The molecular weight excluding hydrogens is 440 g/mol. The van der Waals surface area contributed by atoms with E-state index < -0.39 is 15.9 Å². The molecule has 1 amide bonds. The molecule has 3 rings (SSSR count). The molecule has 0 fully saturated rings. The van der Waals surface area contributed by atoms with Crippen LogP contribution in [0.4, 0.5) is 0 Å². The van der Waals surface area contributed by atoms with Crippen molar-refractivity contribution in [1.82, 2.24) is 9.62 Å². The van der Waals surface area contributed by atoms with E-state index in [0.29, 0.717) is 23.5 Å². The van der Waals surface area contributed by atoms with E-state index in [2.05, 4.69) is 5.32 Å². The average Bonchev–Trinajstić information content (AvgIpc) is 2.86. The molecule has 0 aliphatic rings. The molecule has 7 nitrogen and oxygen atoms in total. The van der Waals surface area contributed by atoms with Gasteiger partial charge in [-0.2, -0.15) is 4.31 Å². The lowest BCUT2D eigenvalue weighted by molar-refractivity contribution is -0.121. The summed E-state index contributed by atoms with van der Waals surface area (Å²) in [5, 5.41) is 2.80. The number of benzene rings is 3. The second-order valence-electron chi connectivity index (χ2n) is 7.31. The lowest BCUT2D eigenvalue weighted by Crippen LogP contribution is -2.41. The van der Waals surface area contributed by atoms with Crippen molar-refractivity contribution in [2.75, 3.05) is 27.3 Å². The highest BCUT2D eigenvalue weighted by atomic mass is 32.2. The van der Waals surface area contributed by atoms with Gasteiger partial charge in [0, 0.05) is 6.54 Å². The molecule has 0 aromatic heterocycles. The molecule has 0 aliphatic heterocycles. The second-order valence-corrected chi connectivity index (χ2v) is 9.24. The van der Waals surface area contributed by atoms with Gasteiger partial charge < -0.3 is 14.8 Å². The number of nitrogens with one attached hydrogen (secondary N) is 1. The Balaban J connectivity index is 1.76. The van der Waals surface area contributed by atoms with Gasteiger partial charge in [0.25, 0.3) is 0 Å². The highest BCUT2D eigenvalue weighted by molar-refractivity contribution is 7.89. The molecule has 1 N–H and O–H groups in total.